The Balaban J connectivity index is 1.61. The van der Waals surface area contributed by atoms with Crippen LogP contribution in [0.4, 0.5) is 5.88 Å². The van der Waals surface area contributed by atoms with Crippen molar-refractivity contribution in [2.45, 2.75) is 76.3 Å². The molecule has 0 atom stereocenters. The summed E-state index contributed by atoms with van der Waals surface area (Å²) >= 11 is 1.38. The van der Waals surface area contributed by atoms with Gasteiger partial charge in [0.25, 0.3) is 5.91 Å². The fourth-order valence-corrected chi connectivity index (χ4v) is 5.34. The van der Waals surface area contributed by atoms with Crippen molar-refractivity contribution in [3.05, 3.63) is 32.9 Å². The van der Waals surface area contributed by atoms with E-state index in [0.717, 1.165) is 43.7 Å². The van der Waals surface area contributed by atoms with E-state index in [-0.39, 0.29) is 17.8 Å². The van der Waals surface area contributed by atoms with Gasteiger partial charge in [-0.1, -0.05) is 38.5 Å². The maximum absolute atomic E-state index is 13.2. The average molecular weight is 404 g/mol. The molecule has 28 heavy (non-hydrogen) atoms. The van der Waals surface area contributed by atoms with Crippen molar-refractivity contribution < 1.29 is 14.1 Å². The molecule has 3 fully saturated rings. The fraction of sp³-hybridized carbons (Fsp3) is 0.600. The molecule has 2 heterocycles. The molecule has 1 amide bonds. The largest absolute Gasteiger partial charge is 0.433 e. The third-order valence-electron chi connectivity index (χ3n) is 5.71. The molecule has 0 spiro atoms. The lowest BCUT2D eigenvalue weighted by molar-refractivity contribution is -0.402. The van der Waals surface area contributed by atoms with Gasteiger partial charge in [0, 0.05) is 12.1 Å². The quantitative estimate of drug-likeness (QED) is 0.395. The Morgan fingerprint density at radius 2 is 1.79 bits per heavy atom. The number of aliphatic imine (C=N–C) groups is 1. The second-order valence-corrected chi connectivity index (χ2v) is 8.72. The number of carbonyl (C=O) groups excluding carboxylic acids is 1. The van der Waals surface area contributed by atoms with Gasteiger partial charge >= 0.3 is 5.88 Å². The van der Waals surface area contributed by atoms with Gasteiger partial charge in [-0.15, -0.1) is 0 Å². The van der Waals surface area contributed by atoms with Gasteiger partial charge < -0.3 is 4.42 Å². The number of rotatable bonds is 4. The summed E-state index contributed by atoms with van der Waals surface area (Å²) in [5.41, 5.74) is 0. The predicted octanol–water partition coefficient (Wildman–Crippen LogP) is 5.13. The Bertz CT molecular complexity index is 804. The van der Waals surface area contributed by atoms with Crippen LogP contribution in [-0.2, 0) is 4.79 Å². The Labute approximate surface area is 168 Å². The van der Waals surface area contributed by atoms with Gasteiger partial charge in [0.15, 0.2) is 5.17 Å². The lowest BCUT2D eigenvalue weighted by Gasteiger charge is -2.31. The van der Waals surface area contributed by atoms with Gasteiger partial charge in [-0.3, -0.25) is 24.8 Å². The van der Waals surface area contributed by atoms with Gasteiger partial charge in [-0.25, -0.2) is 0 Å². The molecule has 0 radical (unpaired) electrons. The average Bonchev–Trinajstić information content (AvgIpc) is 3.29. The fourth-order valence-electron chi connectivity index (χ4n) is 4.25. The minimum Gasteiger partial charge on any atom is -0.401 e. The first-order chi connectivity index (χ1) is 13.6. The standard InChI is InChI=1S/C20H25N3O4S/c24-19-17(13-16-11-12-18(27-16)23(25)26)28-20(21-14-7-3-1-4-8-14)22(19)15-9-5-2-6-10-15/h11-15H,1-10H2. The molecule has 1 aliphatic heterocycles. The Morgan fingerprint density at radius 3 is 2.43 bits per heavy atom. The van der Waals surface area contributed by atoms with Crippen molar-refractivity contribution >= 4 is 34.8 Å². The van der Waals surface area contributed by atoms with E-state index in [9.17, 15) is 14.9 Å². The number of furan rings is 1. The summed E-state index contributed by atoms with van der Waals surface area (Å²) in [5.74, 6) is -0.0434. The summed E-state index contributed by atoms with van der Waals surface area (Å²) in [5, 5.41) is 11.6. The van der Waals surface area contributed by atoms with Gasteiger partial charge in [0.1, 0.15) is 10.7 Å². The minimum atomic E-state index is -0.573. The third kappa shape index (κ3) is 4.16. The zero-order valence-electron chi connectivity index (χ0n) is 15.8. The molecule has 1 saturated heterocycles. The lowest BCUT2D eigenvalue weighted by Crippen LogP contribution is -2.41. The Morgan fingerprint density at radius 1 is 1.11 bits per heavy atom. The van der Waals surface area contributed by atoms with Crippen LogP contribution in [0.2, 0.25) is 0 Å². The molecule has 0 bridgehead atoms. The van der Waals surface area contributed by atoms with Crippen LogP contribution in [0.1, 0.15) is 70.0 Å². The second-order valence-electron chi connectivity index (χ2n) is 7.71. The highest BCUT2D eigenvalue weighted by Gasteiger charge is 2.39. The highest BCUT2D eigenvalue weighted by atomic mass is 32.2. The summed E-state index contributed by atoms with van der Waals surface area (Å²) in [6, 6.07) is 3.33. The number of carbonyl (C=O) groups is 1. The number of amidine groups is 1. The van der Waals surface area contributed by atoms with E-state index >= 15 is 0 Å². The number of nitro groups is 1. The summed E-state index contributed by atoms with van der Waals surface area (Å²) in [7, 11) is 0. The van der Waals surface area contributed by atoms with Crippen LogP contribution in [0.3, 0.4) is 0 Å². The van der Waals surface area contributed by atoms with E-state index in [1.54, 1.807) is 6.08 Å². The van der Waals surface area contributed by atoms with Crippen molar-refractivity contribution in [3.8, 4) is 0 Å². The molecule has 150 valence electrons. The van der Waals surface area contributed by atoms with E-state index in [0.29, 0.717) is 16.7 Å². The first-order valence-corrected chi connectivity index (χ1v) is 11.0. The summed E-state index contributed by atoms with van der Waals surface area (Å²) in [4.78, 5) is 30.8. The highest BCUT2D eigenvalue weighted by Crippen LogP contribution is 2.38. The number of hydrogen-bond acceptors (Lipinski definition) is 6. The summed E-state index contributed by atoms with van der Waals surface area (Å²) in [6.45, 7) is 0. The predicted molar refractivity (Wildman–Crippen MR) is 109 cm³/mol. The van der Waals surface area contributed by atoms with Crippen molar-refractivity contribution in [1.82, 2.24) is 4.90 Å². The number of hydrogen-bond donors (Lipinski definition) is 0. The highest BCUT2D eigenvalue weighted by molar-refractivity contribution is 8.18. The van der Waals surface area contributed by atoms with E-state index in [4.69, 9.17) is 9.41 Å². The zero-order chi connectivity index (χ0) is 19.5. The Hall–Kier alpha value is -2.09. The van der Waals surface area contributed by atoms with E-state index < -0.39 is 4.92 Å². The smallest absolute Gasteiger partial charge is 0.401 e. The van der Waals surface area contributed by atoms with E-state index in [1.165, 1.54) is 49.6 Å². The van der Waals surface area contributed by atoms with Crippen molar-refractivity contribution in [2.75, 3.05) is 0 Å². The molecule has 4 rings (SSSR count). The molecule has 1 aromatic rings. The van der Waals surface area contributed by atoms with Crippen LogP contribution in [0.25, 0.3) is 6.08 Å². The summed E-state index contributed by atoms with van der Waals surface area (Å²) in [6.07, 6.45) is 13.0. The molecular formula is C20H25N3O4S. The minimum absolute atomic E-state index is 0.0505. The zero-order valence-corrected chi connectivity index (χ0v) is 16.7. The number of amides is 1. The molecule has 7 nitrogen and oxygen atoms in total. The number of thioether (sulfide) groups is 1. The van der Waals surface area contributed by atoms with E-state index in [1.807, 2.05) is 4.90 Å². The van der Waals surface area contributed by atoms with Gasteiger partial charge in [0.2, 0.25) is 0 Å². The topological polar surface area (TPSA) is 88.9 Å². The van der Waals surface area contributed by atoms with E-state index in [2.05, 4.69) is 0 Å². The van der Waals surface area contributed by atoms with Crippen LogP contribution in [0.5, 0.6) is 0 Å². The Kier molecular flexibility index (Phi) is 5.85. The van der Waals surface area contributed by atoms with Gasteiger partial charge in [-0.05, 0) is 43.5 Å². The lowest BCUT2D eigenvalue weighted by atomic mass is 9.94. The molecule has 0 N–H and O–H groups in total. The summed E-state index contributed by atoms with van der Waals surface area (Å²) < 4.78 is 5.22. The first-order valence-electron chi connectivity index (χ1n) is 10.2. The molecule has 0 aromatic carbocycles. The van der Waals surface area contributed by atoms with Gasteiger partial charge in [0.05, 0.1) is 17.0 Å². The van der Waals surface area contributed by atoms with Crippen LogP contribution in [0.15, 0.2) is 26.4 Å². The first kappa shape index (κ1) is 19.2. The van der Waals surface area contributed by atoms with Crippen LogP contribution >= 0.6 is 11.8 Å². The molecule has 2 aliphatic carbocycles. The normalized spacial score (nSPS) is 25.1. The van der Waals surface area contributed by atoms with Crippen LogP contribution in [-0.4, -0.2) is 33.0 Å². The van der Waals surface area contributed by atoms with Crippen molar-refractivity contribution in [1.29, 1.82) is 0 Å². The van der Waals surface area contributed by atoms with Crippen LogP contribution < -0.4 is 0 Å². The molecule has 8 heteroatoms. The molecular weight excluding hydrogens is 378 g/mol. The third-order valence-corrected chi connectivity index (χ3v) is 6.71. The molecule has 1 aromatic heterocycles. The molecule has 3 aliphatic rings. The molecule has 2 saturated carbocycles. The van der Waals surface area contributed by atoms with Crippen molar-refractivity contribution in [3.63, 3.8) is 0 Å². The maximum Gasteiger partial charge on any atom is 0.433 e. The van der Waals surface area contributed by atoms with Gasteiger partial charge in [-0.2, -0.15) is 0 Å². The van der Waals surface area contributed by atoms with Crippen LogP contribution in [0, 0.1) is 10.1 Å². The number of nitrogens with zero attached hydrogens (tertiary/aromatic N) is 3. The maximum atomic E-state index is 13.2. The SMILES string of the molecule is O=C1C(=Cc2ccc([N+](=O)[O-])o2)SC(=NC2CCCCC2)N1C1CCCCC1. The van der Waals surface area contributed by atoms with Crippen molar-refractivity contribution in [2.24, 2.45) is 4.99 Å². The monoisotopic (exact) mass is 403 g/mol. The molecule has 0 unspecified atom stereocenters. The second kappa shape index (κ2) is 8.51.